The number of nitrogen functional groups attached to an aromatic ring is 1. The average molecular weight is 341 g/mol. The topological polar surface area (TPSA) is 61.0 Å². The maximum absolute atomic E-state index is 5.79. The zero-order valence-corrected chi connectivity index (χ0v) is 11.5. The molecule has 0 atom stereocenters. The number of nitrogens with two attached hydrogens (primary N) is 1. The Hall–Kier alpha value is -1.21. The van der Waals surface area contributed by atoms with Crippen LogP contribution in [0.3, 0.4) is 0 Å². The van der Waals surface area contributed by atoms with Crippen LogP contribution in [-0.2, 0) is 11.3 Å². The van der Waals surface area contributed by atoms with E-state index in [-0.39, 0.29) is 0 Å². The van der Waals surface area contributed by atoms with Crippen molar-refractivity contribution in [1.29, 1.82) is 0 Å². The SMILES string of the molecule is COCc1ccccc1-c1ncc(I)c(N)n1. The highest BCUT2D eigenvalue weighted by Gasteiger charge is 2.08. The van der Waals surface area contributed by atoms with Gasteiger partial charge >= 0.3 is 0 Å². The van der Waals surface area contributed by atoms with Gasteiger partial charge in [0, 0.05) is 18.9 Å². The van der Waals surface area contributed by atoms with E-state index in [1.165, 1.54) is 0 Å². The average Bonchev–Trinajstić information content (AvgIpc) is 2.34. The molecule has 0 radical (unpaired) electrons. The van der Waals surface area contributed by atoms with Crippen LogP contribution < -0.4 is 5.73 Å². The largest absolute Gasteiger partial charge is 0.383 e. The third kappa shape index (κ3) is 2.73. The van der Waals surface area contributed by atoms with Gasteiger partial charge in [0.05, 0.1) is 10.2 Å². The number of anilines is 1. The Kier molecular flexibility index (Phi) is 3.90. The Balaban J connectivity index is 2.48. The second-order valence-corrected chi connectivity index (χ2v) is 4.68. The fourth-order valence-corrected chi connectivity index (χ4v) is 1.79. The summed E-state index contributed by atoms with van der Waals surface area (Å²) in [6.07, 6.45) is 1.72. The Morgan fingerprint density at radius 1 is 1.35 bits per heavy atom. The van der Waals surface area contributed by atoms with Crippen LogP contribution in [0.5, 0.6) is 0 Å². The highest BCUT2D eigenvalue weighted by molar-refractivity contribution is 14.1. The van der Waals surface area contributed by atoms with Gasteiger partial charge in [-0.2, -0.15) is 0 Å². The summed E-state index contributed by atoms with van der Waals surface area (Å²) in [5.41, 5.74) is 7.80. The van der Waals surface area contributed by atoms with Gasteiger partial charge in [0.15, 0.2) is 5.82 Å². The molecule has 1 heterocycles. The summed E-state index contributed by atoms with van der Waals surface area (Å²) < 4.78 is 6.01. The normalized spacial score (nSPS) is 10.5. The molecule has 17 heavy (non-hydrogen) atoms. The minimum atomic E-state index is 0.503. The lowest BCUT2D eigenvalue weighted by atomic mass is 10.1. The van der Waals surface area contributed by atoms with Crippen molar-refractivity contribution in [2.24, 2.45) is 0 Å². The number of halogens is 1. The molecule has 2 aromatic rings. The van der Waals surface area contributed by atoms with Crippen molar-refractivity contribution in [2.45, 2.75) is 6.61 Å². The lowest BCUT2D eigenvalue weighted by molar-refractivity contribution is 0.185. The van der Waals surface area contributed by atoms with Crippen molar-refractivity contribution in [1.82, 2.24) is 9.97 Å². The van der Waals surface area contributed by atoms with E-state index in [0.717, 1.165) is 14.7 Å². The van der Waals surface area contributed by atoms with Crippen LogP contribution in [0.4, 0.5) is 5.82 Å². The highest BCUT2D eigenvalue weighted by Crippen LogP contribution is 2.22. The maximum atomic E-state index is 5.79. The van der Waals surface area contributed by atoms with Gasteiger partial charge in [0.25, 0.3) is 0 Å². The molecular weight excluding hydrogens is 329 g/mol. The van der Waals surface area contributed by atoms with E-state index < -0.39 is 0 Å². The number of aromatic nitrogens is 2. The number of nitrogens with zero attached hydrogens (tertiary/aromatic N) is 2. The quantitative estimate of drug-likeness (QED) is 0.872. The minimum absolute atomic E-state index is 0.503. The van der Waals surface area contributed by atoms with E-state index in [1.54, 1.807) is 13.3 Å². The smallest absolute Gasteiger partial charge is 0.161 e. The third-order valence-corrected chi connectivity index (χ3v) is 3.16. The first-order chi connectivity index (χ1) is 8.22. The van der Waals surface area contributed by atoms with Gasteiger partial charge in [-0.3, -0.25) is 0 Å². The number of hydrogen-bond acceptors (Lipinski definition) is 4. The number of hydrogen-bond donors (Lipinski definition) is 1. The molecule has 2 rings (SSSR count). The van der Waals surface area contributed by atoms with Crippen molar-refractivity contribution < 1.29 is 4.74 Å². The van der Waals surface area contributed by atoms with Crippen LogP contribution in [0, 0.1) is 3.57 Å². The molecule has 1 aromatic carbocycles. The summed E-state index contributed by atoms with van der Waals surface area (Å²) in [6, 6.07) is 7.88. The molecule has 0 fully saturated rings. The van der Waals surface area contributed by atoms with Gasteiger partial charge in [-0.25, -0.2) is 9.97 Å². The van der Waals surface area contributed by atoms with E-state index in [9.17, 15) is 0 Å². The fraction of sp³-hybridized carbons (Fsp3) is 0.167. The fourth-order valence-electron chi connectivity index (χ4n) is 1.53. The van der Waals surface area contributed by atoms with E-state index >= 15 is 0 Å². The number of methoxy groups -OCH3 is 1. The number of ether oxygens (including phenoxy) is 1. The van der Waals surface area contributed by atoms with Gasteiger partial charge in [-0.1, -0.05) is 24.3 Å². The summed E-state index contributed by atoms with van der Waals surface area (Å²) >= 11 is 2.11. The van der Waals surface area contributed by atoms with E-state index in [0.29, 0.717) is 18.2 Å². The summed E-state index contributed by atoms with van der Waals surface area (Å²) in [7, 11) is 1.67. The monoisotopic (exact) mass is 341 g/mol. The van der Waals surface area contributed by atoms with Crippen LogP contribution in [0.2, 0.25) is 0 Å². The van der Waals surface area contributed by atoms with Crippen LogP contribution in [-0.4, -0.2) is 17.1 Å². The molecule has 0 aliphatic carbocycles. The molecule has 2 N–H and O–H groups in total. The molecule has 0 aliphatic heterocycles. The molecule has 0 aliphatic rings. The summed E-state index contributed by atoms with van der Waals surface area (Å²) in [6.45, 7) is 0.533. The summed E-state index contributed by atoms with van der Waals surface area (Å²) in [5.74, 6) is 1.14. The molecule has 0 unspecified atom stereocenters. The van der Waals surface area contributed by atoms with Crippen molar-refractivity contribution in [3.8, 4) is 11.4 Å². The third-order valence-electron chi connectivity index (χ3n) is 2.33. The first-order valence-electron chi connectivity index (χ1n) is 5.07. The van der Waals surface area contributed by atoms with Crippen LogP contribution in [0.25, 0.3) is 11.4 Å². The van der Waals surface area contributed by atoms with E-state index in [1.807, 2.05) is 24.3 Å². The molecule has 4 nitrogen and oxygen atoms in total. The second-order valence-electron chi connectivity index (χ2n) is 3.52. The molecular formula is C12H12IN3O. The zero-order chi connectivity index (χ0) is 12.3. The van der Waals surface area contributed by atoms with Crippen LogP contribution in [0.1, 0.15) is 5.56 Å². The predicted octanol–water partition coefficient (Wildman–Crippen LogP) is 2.48. The van der Waals surface area contributed by atoms with Gasteiger partial charge in [-0.05, 0) is 28.2 Å². The molecule has 0 saturated carbocycles. The maximum Gasteiger partial charge on any atom is 0.161 e. The van der Waals surface area contributed by atoms with Gasteiger partial charge in [0.2, 0.25) is 0 Å². The highest BCUT2D eigenvalue weighted by atomic mass is 127. The van der Waals surface area contributed by atoms with Gasteiger partial charge in [-0.15, -0.1) is 0 Å². The van der Waals surface area contributed by atoms with E-state index in [2.05, 4.69) is 32.6 Å². The summed E-state index contributed by atoms with van der Waals surface area (Å²) in [4.78, 5) is 8.59. The molecule has 1 aromatic heterocycles. The summed E-state index contributed by atoms with van der Waals surface area (Å²) in [5, 5.41) is 0. The first-order valence-corrected chi connectivity index (χ1v) is 6.15. The van der Waals surface area contributed by atoms with Crippen molar-refractivity contribution in [2.75, 3.05) is 12.8 Å². The van der Waals surface area contributed by atoms with Gasteiger partial charge < -0.3 is 10.5 Å². The first kappa shape index (κ1) is 12.3. The van der Waals surface area contributed by atoms with E-state index in [4.69, 9.17) is 10.5 Å². The Labute approximate surface area is 113 Å². The predicted molar refractivity (Wildman–Crippen MR) is 75.3 cm³/mol. The lowest BCUT2D eigenvalue weighted by Crippen LogP contribution is -2.00. The lowest BCUT2D eigenvalue weighted by Gasteiger charge is -2.08. The second kappa shape index (κ2) is 5.42. The van der Waals surface area contributed by atoms with Crippen molar-refractivity contribution >= 4 is 28.4 Å². The molecule has 0 bridgehead atoms. The van der Waals surface area contributed by atoms with Crippen molar-refractivity contribution in [3.05, 3.63) is 39.6 Å². The molecule has 88 valence electrons. The Morgan fingerprint density at radius 2 is 2.12 bits per heavy atom. The Morgan fingerprint density at radius 3 is 2.82 bits per heavy atom. The number of rotatable bonds is 3. The molecule has 0 amide bonds. The molecule has 5 heteroatoms. The van der Waals surface area contributed by atoms with Crippen molar-refractivity contribution in [3.63, 3.8) is 0 Å². The molecule has 0 saturated heterocycles. The zero-order valence-electron chi connectivity index (χ0n) is 9.35. The van der Waals surface area contributed by atoms with Crippen LogP contribution >= 0.6 is 22.6 Å². The molecule has 0 spiro atoms. The minimum Gasteiger partial charge on any atom is -0.383 e. The van der Waals surface area contributed by atoms with Crippen LogP contribution in [0.15, 0.2) is 30.5 Å². The number of benzene rings is 1. The standard InChI is InChI=1S/C12H12IN3O/c1-17-7-8-4-2-3-5-9(8)12-15-6-10(13)11(14)16-12/h2-6H,7H2,1H3,(H2,14,15,16). The van der Waals surface area contributed by atoms with Gasteiger partial charge in [0.1, 0.15) is 5.82 Å². The Bertz CT molecular complexity index is 531.